The SMILES string of the molecule is Cc1ccc2cccc(OCc3c(Cl)ccc(S(=O)(=O)N4CCC[C@H]4C(=O)NCC4CCN(C(=O)COc5ccc(C=NN)cc5)CC4)c3Cl)c2n1. The highest BCUT2D eigenvalue weighted by Gasteiger charge is 2.41. The smallest absolute Gasteiger partial charge is 0.260 e. The van der Waals surface area contributed by atoms with Crippen molar-refractivity contribution in [1.29, 1.82) is 0 Å². The van der Waals surface area contributed by atoms with E-state index in [1.54, 1.807) is 35.2 Å². The minimum atomic E-state index is -4.17. The van der Waals surface area contributed by atoms with Gasteiger partial charge in [0.25, 0.3) is 5.91 Å². The molecule has 2 amide bonds. The molecule has 2 aliphatic rings. The van der Waals surface area contributed by atoms with Gasteiger partial charge in [0.2, 0.25) is 15.9 Å². The quantitative estimate of drug-likeness (QED) is 0.112. The van der Waals surface area contributed by atoms with Gasteiger partial charge < -0.3 is 25.5 Å². The normalized spacial score (nSPS) is 17.1. The zero-order chi connectivity index (χ0) is 36.8. The van der Waals surface area contributed by atoms with Crippen molar-refractivity contribution in [3.63, 3.8) is 0 Å². The molecule has 0 aliphatic carbocycles. The highest BCUT2D eigenvalue weighted by Crippen LogP contribution is 2.36. The predicted molar refractivity (Wildman–Crippen MR) is 200 cm³/mol. The molecule has 2 saturated heterocycles. The number of hydrogen-bond donors (Lipinski definition) is 2. The van der Waals surface area contributed by atoms with Gasteiger partial charge in [0.15, 0.2) is 6.61 Å². The second-order valence-corrected chi connectivity index (χ2v) is 15.5. The highest BCUT2D eigenvalue weighted by molar-refractivity contribution is 7.89. The maximum Gasteiger partial charge on any atom is 0.260 e. The van der Waals surface area contributed by atoms with Crippen molar-refractivity contribution in [1.82, 2.24) is 19.5 Å². The lowest BCUT2D eigenvalue weighted by Crippen LogP contribution is -2.48. The fourth-order valence-electron chi connectivity index (χ4n) is 6.53. The van der Waals surface area contributed by atoms with Crippen LogP contribution in [0.25, 0.3) is 10.9 Å². The van der Waals surface area contributed by atoms with E-state index in [4.69, 9.17) is 38.5 Å². The first-order valence-electron chi connectivity index (χ1n) is 17.0. The summed E-state index contributed by atoms with van der Waals surface area (Å²) in [7, 11) is -4.17. The number of aryl methyl sites for hydroxylation is 1. The van der Waals surface area contributed by atoms with Crippen LogP contribution in [-0.2, 0) is 26.2 Å². The van der Waals surface area contributed by atoms with Gasteiger partial charge in [-0.25, -0.2) is 13.4 Å². The maximum absolute atomic E-state index is 14.0. The topological polar surface area (TPSA) is 157 Å². The first-order chi connectivity index (χ1) is 25.0. The Morgan fingerprint density at radius 2 is 1.77 bits per heavy atom. The van der Waals surface area contributed by atoms with Gasteiger partial charge in [-0.3, -0.25) is 9.59 Å². The molecule has 0 bridgehead atoms. The molecule has 3 aromatic carbocycles. The number of nitrogens with zero attached hydrogens (tertiary/aromatic N) is 4. The number of sulfonamides is 1. The minimum Gasteiger partial charge on any atom is -0.487 e. The van der Waals surface area contributed by atoms with Gasteiger partial charge in [-0.15, -0.1) is 0 Å². The number of pyridine rings is 1. The molecule has 274 valence electrons. The van der Waals surface area contributed by atoms with E-state index >= 15 is 0 Å². The monoisotopic (exact) mass is 766 g/mol. The number of carbonyl (C=O) groups excluding carboxylic acids is 2. The van der Waals surface area contributed by atoms with E-state index in [9.17, 15) is 18.0 Å². The van der Waals surface area contributed by atoms with E-state index in [-0.39, 0.29) is 52.4 Å². The third kappa shape index (κ3) is 8.44. The summed E-state index contributed by atoms with van der Waals surface area (Å²) in [5.41, 5.74) is 2.64. The van der Waals surface area contributed by atoms with Crippen molar-refractivity contribution < 1.29 is 27.5 Å². The van der Waals surface area contributed by atoms with Crippen LogP contribution in [0.15, 0.2) is 76.7 Å². The number of piperidine rings is 1. The molecule has 0 spiro atoms. The van der Waals surface area contributed by atoms with Gasteiger partial charge in [-0.2, -0.15) is 9.41 Å². The Labute approximate surface area is 312 Å². The van der Waals surface area contributed by atoms with Gasteiger partial charge in [0.05, 0.1) is 11.2 Å². The first-order valence-corrected chi connectivity index (χ1v) is 19.2. The number of benzene rings is 3. The number of carbonyl (C=O) groups is 2. The molecular weight excluding hydrogens is 727 g/mol. The van der Waals surface area contributed by atoms with Crippen molar-refractivity contribution in [3.05, 3.63) is 93.6 Å². The summed E-state index contributed by atoms with van der Waals surface area (Å²) in [5, 5.41) is 7.56. The van der Waals surface area contributed by atoms with E-state index in [1.165, 1.54) is 22.7 Å². The Bertz CT molecular complexity index is 2070. The van der Waals surface area contributed by atoms with Crippen molar-refractivity contribution in [2.45, 2.75) is 50.2 Å². The van der Waals surface area contributed by atoms with E-state index in [1.807, 2.05) is 31.2 Å². The van der Waals surface area contributed by atoms with Crippen LogP contribution in [0.4, 0.5) is 0 Å². The van der Waals surface area contributed by atoms with Crippen LogP contribution in [0, 0.1) is 12.8 Å². The number of fused-ring (bicyclic) bond motifs is 1. The molecule has 0 saturated carbocycles. The van der Waals surface area contributed by atoms with E-state index in [0.717, 1.165) is 16.6 Å². The van der Waals surface area contributed by atoms with E-state index in [2.05, 4.69) is 15.4 Å². The maximum atomic E-state index is 14.0. The predicted octanol–water partition coefficient (Wildman–Crippen LogP) is 5.31. The Hall–Kier alpha value is -4.43. The van der Waals surface area contributed by atoms with Gasteiger partial charge in [0.1, 0.15) is 34.6 Å². The lowest BCUT2D eigenvalue weighted by Gasteiger charge is -2.32. The van der Waals surface area contributed by atoms with E-state index in [0.29, 0.717) is 67.9 Å². The number of likely N-dealkylation sites (tertiary alicyclic amines) is 1. The number of aromatic nitrogens is 1. The number of hydrogen-bond acceptors (Lipinski definition) is 9. The molecular formula is C37H40Cl2N6O6S. The number of para-hydroxylation sites is 1. The Morgan fingerprint density at radius 3 is 2.52 bits per heavy atom. The summed E-state index contributed by atoms with van der Waals surface area (Å²) in [5.74, 6) is 5.93. The van der Waals surface area contributed by atoms with Crippen LogP contribution in [0.2, 0.25) is 10.0 Å². The second kappa shape index (κ2) is 16.5. The number of rotatable bonds is 12. The van der Waals surface area contributed by atoms with Crippen molar-refractivity contribution in [2.24, 2.45) is 16.9 Å². The molecule has 15 heteroatoms. The Balaban J connectivity index is 1.03. The lowest BCUT2D eigenvalue weighted by atomic mass is 9.96. The summed E-state index contributed by atoms with van der Waals surface area (Å²) in [4.78, 5) is 32.4. The number of nitrogens with two attached hydrogens (primary N) is 1. The van der Waals surface area contributed by atoms with Crippen LogP contribution < -0.4 is 20.6 Å². The molecule has 0 unspecified atom stereocenters. The fourth-order valence-corrected chi connectivity index (χ4v) is 9.05. The second-order valence-electron chi connectivity index (χ2n) is 12.9. The zero-order valence-corrected chi connectivity index (χ0v) is 31.0. The summed E-state index contributed by atoms with van der Waals surface area (Å²) >= 11 is 13.3. The molecule has 0 radical (unpaired) electrons. The standard InChI is InChI=1S/C37H40Cl2N6O6S/c1-24-7-10-27-4-2-6-32(36(27)43-24)51-22-29-30(38)13-14-33(35(29)39)52(48,49)45-17-3-5-31(45)37(47)41-20-26-15-18-44(19-16-26)34(46)23-50-28-11-8-25(9-12-28)21-42-40/h2,4,6-14,21,26,31H,3,5,15-20,22-23,40H2,1H3,(H,41,47)/t31-/m0/s1. The van der Waals surface area contributed by atoms with Crippen LogP contribution in [0.1, 0.15) is 42.5 Å². The van der Waals surface area contributed by atoms with Gasteiger partial charge >= 0.3 is 0 Å². The number of halogens is 2. The molecule has 1 atom stereocenters. The van der Waals surface area contributed by atoms with Crippen LogP contribution in [0.5, 0.6) is 11.5 Å². The molecule has 3 N–H and O–H groups in total. The highest BCUT2D eigenvalue weighted by atomic mass is 35.5. The molecule has 4 aromatic rings. The molecule has 52 heavy (non-hydrogen) atoms. The fraction of sp³-hybridized carbons (Fsp3) is 0.351. The molecule has 3 heterocycles. The van der Waals surface area contributed by atoms with Crippen LogP contribution >= 0.6 is 23.2 Å². The first kappa shape index (κ1) is 37.3. The third-order valence-corrected chi connectivity index (χ3v) is 12.3. The van der Waals surface area contributed by atoms with Gasteiger partial charge in [-0.05, 0) is 92.6 Å². The number of ether oxygens (including phenoxy) is 2. The van der Waals surface area contributed by atoms with E-state index < -0.39 is 16.1 Å². The van der Waals surface area contributed by atoms with Crippen molar-refractivity contribution in [2.75, 3.05) is 32.8 Å². The summed E-state index contributed by atoms with van der Waals surface area (Å²) in [6.45, 7) is 3.36. The van der Waals surface area contributed by atoms with Crippen LogP contribution in [-0.4, -0.2) is 79.5 Å². The lowest BCUT2D eigenvalue weighted by molar-refractivity contribution is -0.135. The summed E-state index contributed by atoms with van der Waals surface area (Å²) < 4.78 is 41.0. The minimum absolute atomic E-state index is 0.0509. The average molecular weight is 768 g/mol. The Kier molecular flexibility index (Phi) is 11.8. The molecule has 6 rings (SSSR count). The molecule has 2 aliphatic heterocycles. The number of nitrogens with one attached hydrogen (secondary N) is 1. The van der Waals surface area contributed by atoms with Crippen LogP contribution in [0.3, 0.4) is 0 Å². The van der Waals surface area contributed by atoms with Gasteiger partial charge in [-0.1, -0.05) is 41.4 Å². The third-order valence-electron chi connectivity index (χ3n) is 9.44. The van der Waals surface area contributed by atoms with Crippen molar-refractivity contribution in [3.8, 4) is 11.5 Å². The Morgan fingerprint density at radius 1 is 1.00 bits per heavy atom. The number of amides is 2. The average Bonchev–Trinajstić information content (AvgIpc) is 3.65. The summed E-state index contributed by atoms with van der Waals surface area (Å²) in [6.07, 6.45) is 3.83. The van der Waals surface area contributed by atoms with Gasteiger partial charge in [0, 0.05) is 47.8 Å². The molecule has 1 aromatic heterocycles. The van der Waals surface area contributed by atoms with Crippen molar-refractivity contribution >= 4 is 62.2 Å². The largest absolute Gasteiger partial charge is 0.487 e. The zero-order valence-electron chi connectivity index (χ0n) is 28.6. The number of hydrazone groups is 1. The summed E-state index contributed by atoms with van der Waals surface area (Å²) in [6, 6.07) is 18.5. The molecule has 12 nitrogen and oxygen atoms in total. The molecule has 2 fully saturated rings.